The molecule has 0 aliphatic carbocycles. The second kappa shape index (κ2) is 9.56. The number of rotatable bonds is 7. The van der Waals surface area contributed by atoms with Gasteiger partial charge in [0, 0.05) is 11.1 Å². The van der Waals surface area contributed by atoms with Gasteiger partial charge in [-0.1, -0.05) is 48.0 Å². The Balaban J connectivity index is 1.79. The molecule has 0 aliphatic heterocycles. The van der Waals surface area contributed by atoms with Crippen molar-refractivity contribution in [1.82, 2.24) is 0 Å². The van der Waals surface area contributed by atoms with Gasteiger partial charge in [-0.3, -0.25) is 4.79 Å². The molecule has 0 aliphatic rings. The molecular weight excluding hydrogens is 380 g/mol. The molecule has 0 saturated heterocycles. The minimum atomic E-state index is -0.540. The van der Waals surface area contributed by atoms with Crippen LogP contribution in [-0.2, 0) is 0 Å². The molecule has 0 atom stereocenters. The Morgan fingerprint density at radius 2 is 1.43 bits per heavy atom. The minimum absolute atomic E-state index is 0.129. The number of aryl methyl sites for hydroxylation is 1. The molecule has 0 saturated carbocycles. The quantitative estimate of drug-likeness (QED) is 0.237. The van der Waals surface area contributed by atoms with Crippen LogP contribution in [0.1, 0.15) is 31.8 Å². The molecule has 0 spiro atoms. The second-order valence-corrected chi connectivity index (χ2v) is 6.56. The third-order valence-corrected chi connectivity index (χ3v) is 4.49. The van der Waals surface area contributed by atoms with Gasteiger partial charge in [0.05, 0.1) is 19.8 Å². The lowest BCUT2D eigenvalue weighted by atomic mass is 10.1. The molecule has 0 heterocycles. The molecule has 0 bridgehead atoms. The van der Waals surface area contributed by atoms with E-state index in [1.54, 1.807) is 54.6 Å². The fraction of sp³-hybridized carbons (Fsp3) is 0.120. The summed E-state index contributed by atoms with van der Waals surface area (Å²) in [6.07, 6.45) is 3.10. The van der Waals surface area contributed by atoms with E-state index < -0.39 is 5.97 Å². The number of benzene rings is 3. The fourth-order valence-electron chi connectivity index (χ4n) is 2.81. The highest BCUT2D eigenvalue weighted by Crippen LogP contribution is 2.28. The van der Waals surface area contributed by atoms with Gasteiger partial charge in [0.15, 0.2) is 17.3 Å². The highest BCUT2D eigenvalue weighted by atomic mass is 16.5. The maximum absolute atomic E-state index is 12.6. The summed E-state index contributed by atoms with van der Waals surface area (Å²) in [5.41, 5.74) is 2.62. The number of hydrogen-bond acceptors (Lipinski definition) is 5. The summed E-state index contributed by atoms with van der Waals surface area (Å²) in [7, 11) is 3.02. The first kappa shape index (κ1) is 20.9. The first-order chi connectivity index (χ1) is 14.5. The smallest absolute Gasteiger partial charge is 0.343 e. The zero-order chi connectivity index (χ0) is 21.5. The maximum atomic E-state index is 12.6. The van der Waals surface area contributed by atoms with Gasteiger partial charge >= 0.3 is 5.97 Å². The molecular formula is C25H22O5. The molecule has 0 amide bonds. The molecule has 0 radical (unpaired) electrons. The molecule has 30 heavy (non-hydrogen) atoms. The van der Waals surface area contributed by atoms with Gasteiger partial charge in [-0.2, -0.15) is 0 Å². The molecule has 152 valence electrons. The zero-order valence-corrected chi connectivity index (χ0v) is 17.0. The van der Waals surface area contributed by atoms with Crippen LogP contribution in [0.5, 0.6) is 17.2 Å². The number of ketones is 1. The number of para-hydroxylation sites is 1. The van der Waals surface area contributed by atoms with Crippen molar-refractivity contribution in [2.24, 2.45) is 0 Å². The van der Waals surface area contributed by atoms with Crippen LogP contribution >= 0.6 is 0 Å². The maximum Gasteiger partial charge on any atom is 0.343 e. The van der Waals surface area contributed by atoms with Crippen molar-refractivity contribution in [3.8, 4) is 17.2 Å². The van der Waals surface area contributed by atoms with Crippen LogP contribution in [0.3, 0.4) is 0 Å². The van der Waals surface area contributed by atoms with E-state index in [0.29, 0.717) is 33.9 Å². The van der Waals surface area contributed by atoms with Crippen LogP contribution in [0, 0.1) is 6.92 Å². The van der Waals surface area contributed by atoms with Gasteiger partial charge in [0.2, 0.25) is 0 Å². The van der Waals surface area contributed by atoms with Gasteiger partial charge < -0.3 is 14.2 Å². The van der Waals surface area contributed by atoms with Crippen molar-refractivity contribution in [2.45, 2.75) is 6.92 Å². The summed E-state index contributed by atoms with van der Waals surface area (Å²) < 4.78 is 16.0. The van der Waals surface area contributed by atoms with Crippen LogP contribution < -0.4 is 14.2 Å². The number of ether oxygens (including phenoxy) is 3. The molecule has 0 unspecified atom stereocenters. The molecule has 3 aromatic rings. The van der Waals surface area contributed by atoms with E-state index in [4.69, 9.17) is 14.2 Å². The van der Waals surface area contributed by atoms with Crippen molar-refractivity contribution in [2.75, 3.05) is 14.2 Å². The van der Waals surface area contributed by atoms with Gasteiger partial charge in [0.25, 0.3) is 0 Å². The molecule has 5 heteroatoms. The Morgan fingerprint density at radius 1 is 0.767 bits per heavy atom. The van der Waals surface area contributed by atoms with Crippen LogP contribution in [-0.4, -0.2) is 26.0 Å². The number of hydrogen-bond donors (Lipinski definition) is 0. The molecule has 3 aromatic carbocycles. The van der Waals surface area contributed by atoms with E-state index in [9.17, 15) is 9.59 Å². The lowest BCUT2D eigenvalue weighted by Crippen LogP contribution is -2.09. The summed E-state index contributed by atoms with van der Waals surface area (Å²) >= 11 is 0. The van der Waals surface area contributed by atoms with Gasteiger partial charge in [-0.05, 0) is 43.3 Å². The highest BCUT2D eigenvalue weighted by Gasteiger charge is 2.14. The Bertz CT molecular complexity index is 1080. The predicted octanol–water partition coefficient (Wildman–Crippen LogP) is 5.13. The summed E-state index contributed by atoms with van der Waals surface area (Å²) in [6, 6.07) is 19.2. The van der Waals surface area contributed by atoms with Gasteiger partial charge in [0.1, 0.15) is 5.75 Å². The zero-order valence-electron chi connectivity index (χ0n) is 17.0. The Hall–Kier alpha value is -3.86. The number of methoxy groups -OCH3 is 2. The fourth-order valence-corrected chi connectivity index (χ4v) is 2.81. The third-order valence-electron chi connectivity index (χ3n) is 4.49. The van der Waals surface area contributed by atoms with Gasteiger partial charge in [-0.15, -0.1) is 0 Å². The molecule has 0 N–H and O–H groups in total. The normalized spacial score (nSPS) is 10.6. The van der Waals surface area contributed by atoms with Crippen molar-refractivity contribution in [3.63, 3.8) is 0 Å². The van der Waals surface area contributed by atoms with Crippen molar-refractivity contribution >= 4 is 17.8 Å². The lowest BCUT2D eigenvalue weighted by Gasteiger charge is -2.10. The lowest BCUT2D eigenvalue weighted by molar-refractivity contribution is 0.0733. The summed E-state index contributed by atoms with van der Waals surface area (Å²) in [5.74, 6) is 0.638. The summed E-state index contributed by atoms with van der Waals surface area (Å²) in [5, 5.41) is 0. The monoisotopic (exact) mass is 402 g/mol. The summed E-state index contributed by atoms with van der Waals surface area (Å²) in [4.78, 5) is 25.0. The second-order valence-electron chi connectivity index (χ2n) is 6.56. The average Bonchev–Trinajstić information content (AvgIpc) is 2.78. The van der Waals surface area contributed by atoms with E-state index in [0.717, 1.165) is 5.56 Å². The van der Waals surface area contributed by atoms with Gasteiger partial charge in [-0.25, -0.2) is 4.79 Å². The first-order valence-corrected chi connectivity index (χ1v) is 9.34. The Morgan fingerprint density at radius 3 is 2.13 bits per heavy atom. The first-order valence-electron chi connectivity index (χ1n) is 9.34. The van der Waals surface area contributed by atoms with Crippen molar-refractivity contribution in [1.29, 1.82) is 0 Å². The minimum Gasteiger partial charge on any atom is -0.493 e. The molecule has 0 fully saturated rings. The standard InChI is InChI=1S/C25H22O5/c1-17-8-10-18(11-9-17)21(26)14-12-19-6-4-5-7-22(19)30-25(27)20-13-15-23(28-2)24(16-20)29-3/h4-16H,1-3H3. The molecule has 0 aromatic heterocycles. The number of carbonyl (C=O) groups excluding carboxylic acids is 2. The average molecular weight is 402 g/mol. The number of allylic oxidation sites excluding steroid dienone is 1. The Kier molecular flexibility index (Phi) is 6.65. The largest absolute Gasteiger partial charge is 0.493 e. The van der Waals surface area contributed by atoms with E-state index in [2.05, 4.69) is 0 Å². The van der Waals surface area contributed by atoms with E-state index in [1.807, 2.05) is 25.1 Å². The third kappa shape index (κ3) is 4.94. The molecule has 5 nitrogen and oxygen atoms in total. The number of esters is 1. The van der Waals surface area contributed by atoms with E-state index in [1.165, 1.54) is 20.3 Å². The van der Waals surface area contributed by atoms with Crippen LogP contribution in [0.25, 0.3) is 6.08 Å². The van der Waals surface area contributed by atoms with Crippen molar-refractivity contribution in [3.05, 3.63) is 95.1 Å². The molecule has 3 rings (SSSR count). The summed E-state index contributed by atoms with van der Waals surface area (Å²) in [6.45, 7) is 1.97. The SMILES string of the molecule is COc1ccc(C(=O)Oc2ccccc2C=CC(=O)c2ccc(C)cc2)cc1OC. The predicted molar refractivity (Wildman–Crippen MR) is 115 cm³/mol. The Labute approximate surface area is 175 Å². The highest BCUT2D eigenvalue weighted by molar-refractivity contribution is 6.07. The topological polar surface area (TPSA) is 61.8 Å². The van der Waals surface area contributed by atoms with Crippen molar-refractivity contribution < 1.29 is 23.8 Å². The van der Waals surface area contributed by atoms with Crippen LogP contribution in [0.4, 0.5) is 0 Å². The van der Waals surface area contributed by atoms with E-state index in [-0.39, 0.29) is 5.78 Å². The number of carbonyl (C=O) groups is 2. The van der Waals surface area contributed by atoms with Crippen LogP contribution in [0.15, 0.2) is 72.8 Å². The van der Waals surface area contributed by atoms with E-state index >= 15 is 0 Å². The van der Waals surface area contributed by atoms with Crippen LogP contribution in [0.2, 0.25) is 0 Å².